The summed E-state index contributed by atoms with van der Waals surface area (Å²) >= 11 is 0. The molecule has 2 saturated heterocycles. The molecule has 16 nitrogen and oxygen atoms in total. The van der Waals surface area contributed by atoms with Crippen LogP contribution in [0.2, 0.25) is 0 Å². The minimum absolute atomic E-state index is 0.0884. The number of phenols is 4. The van der Waals surface area contributed by atoms with Crippen molar-refractivity contribution in [3.8, 4) is 34.3 Å². The molecule has 43 heavy (non-hydrogen) atoms. The van der Waals surface area contributed by atoms with Crippen LogP contribution in [0.1, 0.15) is 11.7 Å². The van der Waals surface area contributed by atoms with Gasteiger partial charge in [-0.3, -0.25) is 4.79 Å². The summed E-state index contributed by atoms with van der Waals surface area (Å²) in [6.07, 6.45) is -17.7. The van der Waals surface area contributed by atoms with Crippen LogP contribution in [0.3, 0.4) is 0 Å². The van der Waals surface area contributed by atoms with E-state index in [0.717, 1.165) is 24.3 Å². The molecule has 0 amide bonds. The van der Waals surface area contributed by atoms with Gasteiger partial charge in [-0.2, -0.15) is 0 Å². The molecule has 0 saturated carbocycles. The summed E-state index contributed by atoms with van der Waals surface area (Å²) in [5.74, 6) is -2.70. The molecule has 0 bridgehead atoms. The number of fused-ring (bicyclic) bond motifs is 1. The van der Waals surface area contributed by atoms with E-state index in [1.807, 2.05) is 0 Å². The fourth-order valence-electron chi connectivity index (χ4n) is 5.22. The Labute approximate surface area is 241 Å². The van der Waals surface area contributed by atoms with Gasteiger partial charge in [0.15, 0.2) is 28.8 Å². The molecule has 5 rings (SSSR count). The van der Waals surface area contributed by atoms with E-state index < -0.39 is 119 Å². The van der Waals surface area contributed by atoms with Crippen LogP contribution in [0.4, 0.5) is 0 Å². The summed E-state index contributed by atoms with van der Waals surface area (Å²) in [7, 11) is 0. The number of benzene rings is 2. The summed E-state index contributed by atoms with van der Waals surface area (Å²) in [6.45, 7) is -1.66. The van der Waals surface area contributed by atoms with Crippen LogP contribution in [-0.4, -0.2) is 125 Å². The minimum atomic E-state index is -1.95. The van der Waals surface area contributed by atoms with Gasteiger partial charge >= 0.3 is 0 Å². The minimum Gasteiger partial charge on any atom is -0.507 e. The van der Waals surface area contributed by atoms with Crippen molar-refractivity contribution in [3.63, 3.8) is 0 Å². The monoisotopic (exact) mass is 610 g/mol. The smallest absolute Gasteiger partial charge is 0.197 e. The average Bonchev–Trinajstić information content (AvgIpc) is 2.97. The average molecular weight is 611 g/mol. The molecule has 0 aliphatic carbocycles. The van der Waals surface area contributed by atoms with Crippen LogP contribution in [0.5, 0.6) is 23.0 Å². The van der Waals surface area contributed by atoms with E-state index in [9.17, 15) is 61.0 Å². The molecule has 0 spiro atoms. The summed E-state index contributed by atoms with van der Waals surface area (Å²) < 4.78 is 22.7. The van der Waals surface area contributed by atoms with Crippen molar-refractivity contribution < 1.29 is 74.8 Å². The maximum Gasteiger partial charge on any atom is 0.197 e. The summed E-state index contributed by atoms with van der Waals surface area (Å²) in [5, 5.41) is 113. The number of aliphatic hydroxyl groups excluding tert-OH is 7. The molecule has 0 radical (unpaired) electrons. The lowest BCUT2D eigenvalue weighted by molar-refractivity contribution is -0.342. The van der Waals surface area contributed by atoms with E-state index in [-0.39, 0.29) is 11.3 Å². The highest BCUT2D eigenvalue weighted by molar-refractivity contribution is 5.89. The Kier molecular flexibility index (Phi) is 8.52. The van der Waals surface area contributed by atoms with Gasteiger partial charge in [0.25, 0.3) is 0 Å². The maximum absolute atomic E-state index is 13.2. The number of aromatic hydroxyl groups is 4. The molecule has 3 heterocycles. The zero-order chi connectivity index (χ0) is 31.3. The number of hydrogen-bond donors (Lipinski definition) is 11. The zero-order valence-electron chi connectivity index (χ0n) is 22.0. The zero-order valence-corrected chi connectivity index (χ0v) is 22.0. The van der Waals surface area contributed by atoms with Crippen LogP contribution in [0.25, 0.3) is 22.3 Å². The lowest BCUT2D eigenvalue weighted by Crippen LogP contribution is -2.62. The molecular formula is C27H30O16. The van der Waals surface area contributed by atoms with E-state index in [1.165, 1.54) is 6.07 Å². The van der Waals surface area contributed by atoms with Gasteiger partial charge in [-0.25, -0.2) is 0 Å². The third-order valence-corrected chi connectivity index (χ3v) is 7.55. The van der Waals surface area contributed by atoms with Gasteiger partial charge in [-0.15, -0.1) is 0 Å². The molecule has 1 aromatic heterocycles. The second-order valence-electron chi connectivity index (χ2n) is 10.3. The Balaban J connectivity index is 1.67. The molecule has 3 aromatic rings. The fourth-order valence-corrected chi connectivity index (χ4v) is 5.22. The first kappa shape index (κ1) is 30.9. The number of rotatable bonds is 6. The molecule has 2 aliphatic heterocycles. The second-order valence-corrected chi connectivity index (χ2v) is 10.3. The standard InChI is InChI=1S/C27H30O16/c28-6-15-20(36)22(38)26(43-27-23(39)21(37)19(35)16(7-29)42-27)25(41-15)18-12(33)4-11(32)17-13(34)5-14(40-24(17)18)8-1-2-9(30)10(31)3-8/h1-5,15-16,19-23,25-33,35-39H,6-7H2/t15-,16+,19-,20-,21-,22+,23+,25+,26+,27-/m1/s1. The lowest BCUT2D eigenvalue weighted by Gasteiger charge is -2.46. The highest BCUT2D eigenvalue weighted by atomic mass is 16.7. The van der Waals surface area contributed by atoms with Gasteiger partial charge in [0.1, 0.15) is 77.6 Å². The summed E-state index contributed by atoms with van der Waals surface area (Å²) in [6, 6.07) is 5.24. The van der Waals surface area contributed by atoms with Crippen LogP contribution >= 0.6 is 0 Å². The third kappa shape index (κ3) is 5.38. The highest BCUT2D eigenvalue weighted by Crippen LogP contribution is 2.45. The largest absolute Gasteiger partial charge is 0.507 e. The molecule has 16 heteroatoms. The van der Waals surface area contributed by atoms with Crippen molar-refractivity contribution in [2.24, 2.45) is 0 Å². The number of phenolic OH excluding ortho intramolecular Hbond substituents is 4. The van der Waals surface area contributed by atoms with E-state index in [2.05, 4.69) is 0 Å². The predicted octanol–water partition coefficient (Wildman–Crippen LogP) is -2.38. The topological polar surface area (TPSA) is 280 Å². The Morgan fingerprint density at radius 3 is 2.00 bits per heavy atom. The maximum atomic E-state index is 13.2. The van der Waals surface area contributed by atoms with Crippen LogP contribution in [-0.2, 0) is 14.2 Å². The number of ether oxygens (including phenoxy) is 3. The first-order valence-electron chi connectivity index (χ1n) is 13.0. The van der Waals surface area contributed by atoms with Crippen molar-refractivity contribution in [2.75, 3.05) is 13.2 Å². The Morgan fingerprint density at radius 1 is 0.698 bits per heavy atom. The van der Waals surface area contributed by atoms with Crippen LogP contribution < -0.4 is 5.43 Å². The van der Waals surface area contributed by atoms with E-state index in [0.29, 0.717) is 0 Å². The lowest BCUT2D eigenvalue weighted by atomic mass is 9.89. The summed E-state index contributed by atoms with van der Waals surface area (Å²) in [4.78, 5) is 13.2. The predicted molar refractivity (Wildman–Crippen MR) is 140 cm³/mol. The van der Waals surface area contributed by atoms with Crippen molar-refractivity contribution in [3.05, 3.63) is 46.1 Å². The molecule has 2 aromatic carbocycles. The fraction of sp³-hybridized carbons (Fsp3) is 0.444. The van der Waals surface area contributed by atoms with Crippen LogP contribution in [0.15, 0.2) is 39.5 Å². The van der Waals surface area contributed by atoms with Gasteiger partial charge in [0.05, 0.1) is 18.8 Å². The first-order valence-corrected chi connectivity index (χ1v) is 13.0. The second kappa shape index (κ2) is 11.9. The number of hydrogen-bond acceptors (Lipinski definition) is 16. The van der Waals surface area contributed by atoms with Gasteiger partial charge in [0.2, 0.25) is 0 Å². The molecule has 2 aliphatic rings. The molecule has 234 valence electrons. The summed E-state index contributed by atoms with van der Waals surface area (Å²) in [5.41, 5.74) is -1.66. The van der Waals surface area contributed by atoms with Gasteiger partial charge in [0, 0.05) is 17.7 Å². The molecular weight excluding hydrogens is 580 g/mol. The highest BCUT2D eigenvalue weighted by Gasteiger charge is 2.52. The molecule has 0 unspecified atom stereocenters. The van der Waals surface area contributed by atoms with Crippen molar-refractivity contribution in [2.45, 2.75) is 61.2 Å². The quantitative estimate of drug-likeness (QED) is 0.130. The third-order valence-electron chi connectivity index (χ3n) is 7.55. The normalized spacial score (nSPS) is 33.1. The van der Waals surface area contributed by atoms with E-state index in [1.54, 1.807) is 0 Å². The van der Waals surface area contributed by atoms with Crippen LogP contribution in [0, 0.1) is 0 Å². The van der Waals surface area contributed by atoms with Gasteiger partial charge < -0.3 is 74.8 Å². The van der Waals surface area contributed by atoms with Gasteiger partial charge in [-0.05, 0) is 18.2 Å². The van der Waals surface area contributed by atoms with Crippen molar-refractivity contribution >= 4 is 11.0 Å². The number of aliphatic hydroxyl groups is 7. The van der Waals surface area contributed by atoms with Crippen molar-refractivity contribution in [1.29, 1.82) is 0 Å². The molecule has 10 atom stereocenters. The molecule has 2 fully saturated rings. The van der Waals surface area contributed by atoms with E-state index >= 15 is 0 Å². The van der Waals surface area contributed by atoms with Crippen molar-refractivity contribution in [1.82, 2.24) is 0 Å². The first-order chi connectivity index (χ1) is 20.4. The Hall–Kier alpha value is -3.55. The van der Waals surface area contributed by atoms with Gasteiger partial charge in [-0.1, -0.05) is 0 Å². The Bertz CT molecular complexity index is 1540. The van der Waals surface area contributed by atoms with E-state index in [4.69, 9.17) is 18.6 Å². The molecule has 11 N–H and O–H groups in total. The SMILES string of the molecule is O=c1cc(-c2ccc(O)c(O)c2)oc2c([C@@H]3O[C@H](CO)[C@@H](O)[C@H](O)[C@@H]3O[C@H]3O[C@@H](CO)[C@@H](O)[C@@H](O)[C@@H]3O)c(O)cc(O)c12. The Morgan fingerprint density at radius 2 is 1.35 bits per heavy atom.